The summed E-state index contributed by atoms with van der Waals surface area (Å²) in [6, 6.07) is 0. The molecule has 0 spiro atoms. The van der Waals surface area contributed by atoms with E-state index in [2.05, 4.69) is 31.1 Å². The van der Waals surface area contributed by atoms with E-state index in [0.29, 0.717) is 30.7 Å². The fraction of sp³-hybridized carbons (Fsp3) is 0.933. The highest BCUT2D eigenvalue weighted by atomic mass is 16.1. The Labute approximate surface area is 118 Å². The van der Waals surface area contributed by atoms with Crippen molar-refractivity contribution in [1.29, 1.82) is 0 Å². The molecule has 1 unspecified atom stereocenters. The van der Waals surface area contributed by atoms with Crippen LogP contribution in [-0.4, -0.2) is 44.0 Å². The highest BCUT2D eigenvalue weighted by Crippen LogP contribution is 2.16. The number of carbonyl (C=O) groups is 1. The summed E-state index contributed by atoms with van der Waals surface area (Å²) < 4.78 is 0. The minimum absolute atomic E-state index is 0.176. The van der Waals surface area contributed by atoms with E-state index in [4.69, 9.17) is 5.73 Å². The van der Waals surface area contributed by atoms with Crippen molar-refractivity contribution in [2.45, 2.75) is 39.5 Å². The molecule has 1 saturated heterocycles. The smallest absolute Gasteiger partial charge is 0.220 e. The molecule has 1 fully saturated rings. The van der Waals surface area contributed by atoms with Crippen molar-refractivity contribution < 1.29 is 4.79 Å². The second-order valence-corrected chi connectivity index (χ2v) is 6.49. The summed E-state index contributed by atoms with van der Waals surface area (Å²) in [6.45, 7) is 8.11. The molecule has 4 heteroatoms. The van der Waals surface area contributed by atoms with Gasteiger partial charge in [0.25, 0.3) is 0 Å². The summed E-state index contributed by atoms with van der Waals surface area (Å²) in [5, 5.41) is 3.09. The predicted octanol–water partition coefficient (Wildman–Crippen LogP) is 1.46. The van der Waals surface area contributed by atoms with Crippen LogP contribution in [0.5, 0.6) is 0 Å². The van der Waals surface area contributed by atoms with E-state index in [1.807, 2.05) is 0 Å². The molecule has 3 N–H and O–H groups in total. The lowest BCUT2D eigenvalue weighted by molar-refractivity contribution is -0.122. The zero-order valence-corrected chi connectivity index (χ0v) is 12.8. The van der Waals surface area contributed by atoms with Crippen molar-refractivity contribution >= 4 is 5.91 Å². The first-order valence-electron chi connectivity index (χ1n) is 7.66. The van der Waals surface area contributed by atoms with Crippen molar-refractivity contribution in [2.24, 2.45) is 23.5 Å². The van der Waals surface area contributed by atoms with Crippen LogP contribution < -0.4 is 11.1 Å². The van der Waals surface area contributed by atoms with Crippen molar-refractivity contribution in [3.63, 3.8) is 0 Å². The molecule has 0 aromatic heterocycles. The number of amides is 1. The lowest BCUT2D eigenvalue weighted by atomic mass is 9.93. The third-order valence-electron chi connectivity index (χ3n) is 4.04. The Hall–Kier alpha value is -0.610. The monoisotopic (exact) mass is 269 g/mol. The molecule has 0 aromatic carbocycles. The quantitative estimate of drug-likeness (QED) is 0.735. The van der Waals surface area contributed by atoms with Crippen molar-refractivity contribution in [1.82, 2.24) is 10.2 Å². The summed E-state index contributed by atoms with van der Waals surface area (Å²) in [5.74, 6) is 1.77. The largest absolute Gasteiger partial charge is 0.356 e. The van der Waals surface area contributed by atoms with Crippen LogP contribution in [0.25, 0.3) is 0 Å². The second-order valence-electron chi connectivity index (χ2n) is 6.49. The van der Waals surface area contributed by atoms with Gasteiger partial charge in [0.05, 0.1) is 0 Å². The minimum atomic E-state index is 0.176. The fourth-order valence-corrected chi connectivity index (χ4v) is 2.79. The maximum absolute atomic E-state index is 11.9. The maximum Gasteiger partial charge on any atom is 0.220 e. The minimum Gasteiger partial charge on any atom is -0.356 e. The summed E-state index contributed by atoms with van der Waals surface area (Å²) in [4.78, 5) is 14.3. The van der Waals surface area contributed by atoms with Gasteiger partial charge in [-0.25, -0.2) is 0 Å². The summed E-state index contributed by atoms with van der Waals surface area (Å²) in [7, 11) is 2.16. The molecule has 1 rings (SSSR count). The normalized spacial score (nSPS) is 19.6. The number of carbonyl (C=O) groups excluding carboxylic acids is 1. The van der Waals surface area contributed by atoms with E-state index in [-0.39, 0.29) is 5.91 Å². The lowest BCUT2D eigenvalue weighted by Gasteiger charge is -2.29. The Morgan fingerprint density at radius 1 is 1.37 bits per heavy atom. The molecule has 112 valence electrons. The van der Waals surface area contributed by atoms with Gasteiger partial charge in [-0.2, -0.15) is 0 Å². The van der Waals surface area contributed by atoms with Gasteiger partial charge < -0.3 is 16.0 Å². The Balaban J connectivity index is 2.19. The average Bonchev–Trinajstić information content (AvgIpc) is 2.36. The highest BCUT2D eigenvalue weighted by Gasteiger charge is 2.18. The molecule has 19 heavy (non-hydrogen) atoms. The highest BCUT2D eigenvalue weighted by molar-refractivity contribution is 5.76. The van der Waals surface area contributed by atoms with Crippen molar-refractivity contribution in [3.8, 4) is 0 Å². The van der Waals surface area contributed by atoms with E-state index in [1.165, 1.54) is 12.8 Å². The van der Waals surface area contributed by atoms with E-state index in [0.717, 1.165) is 26.1 Å². The first-order valence-corrected chi connectivity index (χ1v) is 7.66. The van der Waals surface area contributed by atoms with Crippen LogP contribution in [0.15, 0.2) is 0 Å². The SMILES string of the molecule is CC(C)CC(CN)CC(=O)NCC1CCN(C)CC1. The number of nitrogens with one attached hydrogen (secondary N) is 1. The Morgan fingerprint density at radius 3 is 2.53 bits per heavy atom. The molecular formula is C15H31N3O. The Kier molecular flexibility index (Phi) is 7.39. The first kappa shape index (κ1) is 16.4. The van der Waals surface area contributed by atoms with Gasteiger partial charge in [-0.05, 0) is 63.7 Å². The van der Waals surface area contributed by atoms with Crippen LogP contribution in [-0.2, 0) is 4.79 Å². The van der Waals surface area contributed by atoms with Crippen LogP contribution in [0.1, 0.15) is 39.5 Å². The zero-order valence-electron chi connectivity index (χ0n) is 12.8. The van der Waals surface area contributed by atoms with E-state index in [9.17, 15) is 4.79 Å². The molecule has 1 aliphatic rings. The van der Waals surface area contributed by atoms with Crippen LogP contribution >= 0.6 is 0 Å². The third kappa shape index (κ3) is 6.92. The molecule has 0 bridgehead atoms. The molecule has 0 radical (unpaired) electrons. The van der Waals surface area contributed by atoms with Crippen LogP contribution in [0, 0.1) is 17.8 Å². The van der Waals surface area contributed by atoms with Gasteiger partial charge in [0.2, 0.25) is 5.91 Å². The fourth-order valence-electron chi connectivity index (χ4n) is 2.79. The molecule has 1 heterocycles. The van der Waals surface area contributed by atoms with Gasteiger partial charge in [0.1, 0.15) is 0 Å². The standard InChI is InChI=1S/C15H31N3O/c1-12(2)8-14(10-16)9-15(19)17-11-13-4-6-18(3)7-5-13/h12-14H,4-11,16H2,1-3H3,(H,17,19). The third-order valence-corrected chi connectivity index (χ3v) is 4.04. The van der Waals surface area contributed by atoms with Crippen LogP contribution in [0.2, 0.25) is 0 Å². The molecule has 4 nitrogen and oxygen atoms in total. The number of hydrogen-bond donors (Lipinski definition) is 2. The van der Waals surface area contributed by atoms with Gasteiger partial charge in [-0.15, -0.1) is 0 Å². The number of hydrogen-bond acceptors (Lipinski definition) is 3. The molecule has 1 amide bonds. The van der Waals surface area contributed by atoms with Crippen LogP contribution in [0.4, 0.5) is 0 Å². The van der Waals surface area contributed by atoms with Gasteiger partial charge in [0.15, 0.2) is 0 Å². The van der Waals surface area contributed by atoms with Crippen molar-refractivity contribution in [3.05, 3.63) is 0 Å². The molecule has 0 saturated carbocycles. The first-order chi connectivity index (χ1) is 9.01. The Morgan fingerprint density at radius 2 is 2.00 bits per heavy atom. The number of nitrogens with zero attached hydrogens (tertiary/aromatic N) is 1. The molecule has 1 aliphatic heterocycles. The second kappa shape index (κ2) is 8.54. The Bertz CT molecular complexity index is 260. The maximum atomic E-state index is 11.9. The summed E-state index contributed by atoms with van der Waals surface area (Å²) >= 11 is 0. The average molecular weight is 269 g/mol. The number of likely N-dealkylation sites (tertiary alicyclic amines) is 1. The summed E-state index contributed by atoms with van der Waals surface area (Å²) in [5.41, 5.74) is 5.74. The molecule has 0 aliphatic carbocycles. The van der Waals surface area contributed by atoms with Gasteiger partial charge in [-0.1, -0.05) is 13.8 Å². The van der Waals surface area contributed by atoms with E-state index < -0.39 is 0 Å². The van der Waals surface area contributed by atoms with Gasteiger partial charge in [-0.3, -0.25) is 4.79 Å². The lowest BCUT2D eigenvalue weighted by Crippen LogP contribution is -2.37. The molecular weight excluding hydrogens is 238 g/mol. The zero-order chi connectivity index (χ0) is 14.3. The van der Waals surface area contributed by atoms with Crippen molar-refractivity contribution in [2.75, 3.05) is 33.2 Å². The topological polar surface area (TPSA) is 58.4 Å². The number of piperidine rings is 1. The molecule has 1 atom stereocenters. The number of nitrogens with two attached hydrogens (primary N) is 1. The molecule has 0 aromatic rings. The van der Waals surface area contributed by atoms with Crippen LogP contribution in [0.3, 0.4) is 0 Å². The summed E-state index contributed by atoms with van der Waals surface area (Å²) in [6.07, 6.45) is 4.02. The number of rotatable bonds is 7. The van der Waals surface area contributed by atoms with Gasteiger partial charge >= 0.3 is 0 Å². The van der Waals surface area contributed by atoms with E-state index >= 15 is 0 Å². The predicted molar refractivity (Wildman–Crippen MR) is 79.8 cm³/mol. The van der Waals surface area contributed by atoms with Gasteiger partial charge in [0, 0.05) is 13.0 Å². The van der Waals surface area contributed by atoms with E-state index in [1.54, 1.807) is 0 Å².